The molecule has 1 aromatic rings. The summed E-state index contributed by atoms with van der Waals surface area (Å²) in [6.45, 7) is 12.8. The Hall–Kier alpha value is -3.28. The lowest BCUT2D eigenvalue weighted by atomic mass is 9.80. The van der Waals surface area contributed by atoms with Gasteiger partial charge in [0, 0.05) is 49.4 Å². The lowest BCUT2D eigenvalue weighted by Gasteiger charge is -2.45. The van der Waals surface area contributed by atoms with Crippen molar-refractivity contribution in [2.24, 2.45) is 35.2 Å². The van der Waals surface area contributed by atoms with Crippen LogP contribution in [0.25, 0.3) is 5.70 Å². The van der Waals surface area contributed by atoms with Gasteiger partial charge in [0.25, 0.3) is 6.47 Å². The number of nitrogen functional groups attached to an aromatic ring is 1. The normalized spacial score (nSPS) is 17.2. The first-order chi connectivity index (χ1) is 21.6. The molecule has 1 rings (SSSR count). The van der Waals surface area contributed by atoms with Crippen LogP contribution in [0.15, 0.2) is 30.5 Å². The zero-order valence-electron chi connectivity index (χ0n) is 29.2. The van der Waals surface area contributed by atoms with Crippen molar-refractivity contribution in [3.63, 3.8) is 0 Å². The van der Waals surface area contributed by atoms with Gasteiger partial charge < -0.3 is 30.7 Å². The van der Waals surface area contributed by atoms with Gasteiger partial charge in [-0.25, -0.2) is 5.84 Å². The third-order valence-corrected chi connectivity index (χ3v) is 9.09. The van der Waals surface area contributed by atoms with Crippen molar-refractivity contribution in [1.82, 2.24) is 9.91 Å². The maximum Gasteiger partial charge on any atom is 0.293 e. The molecule has 46 heavy (non-hydrogen) atoms. The van der Waals surface area contributed by atoms with E-state index in [1.165, 1.54) is 0 Å². The molecule has 0 aliphatic carbocycles. The topological polar surface area (TPSA) is 171 Å². The first-order valence-electron chi connectivity index (χ1n) is 16.4. The Bertz CT molecular complexity index is 1140. The van der Waals surface area contributed by atoms with Crippen molar-refractivity contribution in [1.29, 1.82) is 0 Å². The predicted octanol–water partition coefficient (Wildman–Crippen LogP) is 4.19. The monoisotopic (exact) mass is 645 g/mol. The molecule has 11 nitrogen and oxygen atoms in total. The summed E-state index contributed by atoms with van der Waals surface area (Å²) in [6.07, 6.45) is 5.39. The lowest BCUT2D eigenvalue weighted by Crippen LogP contribution is -2.59. The molecule has 1 aromatic carbocycles. The number of hydrazine groups is 1. The Balaban J connectivity index is 2.98. The van der Waals surface area contributed by atoms with Crippen molar-refractivity contribution in [3.8, 4) is 0 Å². The molecule has 0 fully saturated rings. The van der Waals surface area contributed by atoms with E-state index in [2.05, 4.69) is 4.90 Å². The Morgan fingerprint density at radius 3 is 2.24 bits per heavy atom. The molecule has 0 amide bonds. The van der Waals surface area contributed by atoms with Crippen molar-refractivity contribution in [2.45, 2.75) is 97.8 Å². The van der Waals surface area contributed by atoms with Gasteiger partial charge in [-0.1, -0.05) is 39.8 Å². The van der Waals surface area contributed by atoms with Crippen LogP contribution in [-0.4, -0.2) is 79.2 Å². The molecule has 7 atom stereocenters. The predicted molar refractivity (Wildman–Crippen MR) is 183 cm³/mol. The largest absolute Gasteiger partial charge is 0.457 e. The highest BCUT2D eigenvalue weighted by molar-refractivity contribution is 5.94. The third-order valence-electron chi connectivity index (χ3n) is 9.09. The second-order valence-electron chi connectivity index (χ2n) is 13.1. The van der Waals surface area contributed by atoms with Gasteiger partial charge in [-0.15, -0.1) is 0 Å². The molecule has 11 heteroatoms. The molecule has 260 valence electrons. The second-order valence-corrected chi connectivity index (χ2v) is 13.1. The minimum absolute atomic E-state index is 0.0471. The summed E-state index contributed by atoms with van der Waals surface area (Å²) >= 11 is 0. The number of nitrogens with zero attached hydrogens (tertiary/aromatic N) is 2. The van der Waals surface area contributed by atoms with Crippen molar-refractivity contribution < 1.29 is 28.7 Å². The van der Waals surface area contributed by atoms with Gasteiger partial charge in [0.15, 0.2) is 5.60 Å². The van der Waals surface area contributed by atoms with Crippen molar-refractivity contribution >= 4 is 35.7 Å². The summed E-state index contributed by atoms with van der Waals surface area (Å²) in [5.41, 5.74) is 12.9. The Morgan fingerprint density at radius 2 is 1.67 bits per heavy atom. The number of Topliss-reactive ketones (excluding diaryl/α,β-unsaturated/α-hetero) is 2. The zero-order valence-corrected chi connectivity index (χ0v) is 29.2. The number of aldehydes is 1. The fraction of sp³-hybridized carbons (Fsp3) is 0.657. The van der Waals surface area contributed by atoms with Crippen molar-refractivity contribution in [3.05, 3.63) is 36.0 Å². The third kappa shape index (κ3) is 12.5. The van der Waals surface area contributed by atoms with Crippen LogP contribution in [0, 0.1) is 23.7 Å². The van der Waals surface area contributed by atoms with Crippen LogP contribution in [0.3, 0.4) is 0 Å². The van der Waals surface area contributed by atoms with Crippen LogP contribution < -0.4 is 17.3 Å². The van der Waals surface area contributed by atoms with Gasteiger partial charge >= 0.3 is 0 Å². The van der Waals surface area contributed by atoms with Crippen molar-refractivity contribution in [2.75, 3.05) is 33.0 Å². The summed E-state index contributed by atoms with van der Waals surface area (Å²) in [7, 11) is 3.51. The first kappa shape index (κ1) is 40.7. The number of nitrogens with two attached hydrogens (primary N) is 3. The molecule has 0 bridgehead atoms. The molecular weight excluding hydrogens is 586 g/mol. The molecule has 5 unspecified atom stereocenters. The number of ether oxygens (including phenoxy) is 2. The highest BCUT2D eigenvalue weighted by Gasteiger charge is 2.46. The van der Waals surface area contributed by atoms with E-state index in [-0.39, 0.29) is 35.7 Å². The summed E-state index contributed by atoms with van der Waals surface area (Å²) in [5, 5.41) is 1.55. The number of hydrogen-bond donors (Lipinski definition) is 3. The number of unbranched alkanes of at least 4 members (excludes halogenated alkanes) is 1. The van der Waals surface area contributed by atoms with Crippen LogP contribution in [0.1, 0.15) is 85.6 Å². The molecule has 0 aliphatic rings. The minimum Gasteiger partial charge on any atom is -0.457 e. The number of methoxy groups -OCH3 is 1. The van der Waals surface area contributed by atoms with Gasteiger partial charge in [-0.05, 0) is 77.6 Å². The standard InChI is InChI=1S/C35H59N5O6/c1-9-33(45-8)35(6,46-23-42)32(20-31(43)25(3)17-24(2)18-26(4)34(44)27(5)22-41)39(7)15-10-11-16-40(38)21-30(37)28-13-12-14-29(36)19-28/h12-14,19,21-27,32-33H,9-11,15-18,20,36-38H2,1-8H3/b30-21-/t24?,25-,26?,27?,32?,33?,35+/m1/s1. The molecule has 0 heterocycles. The molecule has 0 aromatic heterocycles. The Morgan fingerprint density at radius 1 is 1.04 bits per heavy atom. The number of carbonyl (C=O) groups excluding carboxylic acids is 4. The van der Waals surface area contributed by atoms with Crippen LogP contribution in [0.5, 0.6) is 0 Å². The van der Waals surface area contributed by atoms with Gasteiger partial charge in [-0.2, -0.15) is 0 Å². The molecule has 0 spiro atoms. The average Bonchev–Trinajstić information content (AvgIpc) is 3.01. The number of rotatable bonds is 24. The van der Waals surface area contributed by atoms with E-state index in [4.69, 9.17) is 26.8 Å². The number of benzene rings is 1. The summed E-state index contributed by atoms with van der Waals surface area (Å²) in [6, 6.07) is 6.83. The summed E-state index contributed by atoms with van der Waals surface area (Å²) < 4.78 is 11.5. The number of ketones is 2. The van der Waals surface area contributed by atoms with E-state index >= 15 is 0 Å². The van der Waals surface area contributed by atoms with E-state index in [9.17, 15) is 19.2 Å². The highest BCUT2D eigenvalue weighted by atomic mass is 16.6. The van der Waals surface area contributed by atoms with Gasteiger partial charge in [-0.3, -0.25) is 19.3 Å². The van der Waals surface area contributed by atoms with E-state index in [0.29, 0.717) is 56.5 Å². The first-order valence-corrected chi connectivity index (χ1v) is 16.4. The van der Waals surface area contributed by atoms with E-state index in [0.717, 1.165) is 18.4 Å². The van der Waals surface area contributed by atoms with Gasteiger partial charge in [0.1, 0.15) is 17.9 Å². The smallest absolute Gasteiger partial charge is 0.293 e. The van der Waals surface area contributed by atoms with Crippen LogP contribution in [-0.2, 0) is 28.7 Å². The summed E-state index contributed by atoms with van der Waals surface area (Å²) in [5.74, 6) is 5.11. The highest BCUT2D eigenvalue weighted by Crippen LogP contribution is 2.32. The van der Waals surface area contributed by atoms with Gasteiger partial charge in [0.05, 0.1) is 23.8 Å². The number of carbonyl (C=O) groups is 4. The lowest BCUT2D eigenvalue weighted by molar-refractivity contribution is -0.175. The molecular formula is C35H59N5O6. The zero-order chi connectivity index (χ0) is 35.0. The quantitative estimate of drug-likeness (QED) is 0.0368. The molecule has 0 aliphatic heterocycles. The van der Waals surface area contributed by atoms with Crippen LogP contribution in [0.2, 0.25) is 0 Å². The fourth-order valence-corrected chi connectivity index (χ4v) is 6.38. The number of anilines is 1. The molecule has 0 saturated heterocycles. The molecule has 6 N–H and O–H groups in total. The molecule has 0 saturated carbocycles. The van der Waals surface area contributed by atoms with E-state index in [1.54, 1.807) is 37.4 Å². The average molecular weight is 646 g/mol. The maximum absolute atomic E-state index is 13.7. The SMILES string of the molecule is CCC(OC)[C@@](C)(OC=O)C(CC(=O)[C@H](C)CC(C)CC(C)C(=O)C(C)C=O)N(C)CCCCN(N)/C=C(\N)c1cccc(N)c1. The second kappa shape index (κ2) is 20.1. The minimum atomic E-state index is -1.08. The number of hydrogen-bond acceptors (Lipinski definition) is 11. The number of likely N-dealkylation sites (N-methyl/N-ethyl adjacent to an activating group) is 1. The Labute approximate surface area is 276 Å². The Kier molecular flexibility index (Phi) is 17.8. The maximum atomic E-state index is 13.7. The van der Waals surface area contributed by atoms with Crippen LogP contribution in [0.4, 0.5) is 5.69 Å². The summed E-state index contributed by atoms with van der Waals surface area (Å²) in [4.78, 5) is 51.0. The van der Waals surface area contributed by atoms with E-state index < -0.39 is 23.7 Å². The van der Waals surface area contributed by atoms with Gasteiger partial charge in [0.2, 0.25) is 0 Å². The fourth-order valence-electron chi connectivity index (χ4n) is 6.38. The molecule has 0 radical (unpaired) electrons. The van der Waals surface area contributed by atoms with Crippen LogP contribution >= 0.6 is 0 Å². The van der Waals surface area contributed by atoms with E-state index in [1.807, 2.05) is 53.8 Å².